The summed E-state index contributed by atoms with van der Waals surface area (Å²) in [5.41, 5.74) is 2.81. The zero-order valence-corrected chi connectivity index (χ0v) is 16.3. The lowest BCUT2D eigenvalue weighted by Gasteiger charge is -2.08. The van der Waals surface area contributed by atoms with Gasteiger partial charge in [-0.1, -0.05) is 25.1 Å². The monoisotopic (exact) mass is 399 g/mol. The summed E-state index contributed by atoms with van der Waals surface area (Å²) in [7, 11) is 0. The van der Waals surface area contributed by atoms with E-state index in [9.17, 15) is 4.39 Å². The molecule has 0 saturated heterocycles. The quantitative estimate of drug-likeness (QED) is 0.449. The van der Waals surface area contributed by atoms with Crippen LogP contribution in [0.25, 0.3) is 28.4 Å². The molecule has 0 atom stereocenters. The first-order valence-corrected chi connectivity index (χ1v) is 9.64. The Morgan fingerprint density at radius 1 is 1.00 bits per heavy atom. The largest absolute Gasteiger partial charge is 0.290 e. The van der Waals surface area contributed by atoms with Crippen LogP contribution in [0.15, 0.2) is 67.5 Å². The van der Waals surface area contributed by atoms with Crippen LogP contribution in [0.1, 0.15) is 18.1 Å². The number of pyridine rings is 1. The summed E-state index contributed by atoms with van der Waals surface area (Å²) in [6.07, 6.45) is 9.57. The van der Waals surface area contributed by atoms with Crippen molar-refractivity contribution in [3.63, 3.8) is 0 Å². The van der Waals surface area contributed by atoms with Gasteiger partial charge in [0.25, 0.3) is 0 Å². The summed E-state index contributed by atoms with van der Waals surface area (Å²) < 4.78 is 17.8. The van der Waals surface area contributed by atoms with E-state index in [0.29, 0.717) is 22.7 Å². The summed E-state index contributed by atoms with van der Waals surface area (Å²) in [6.45, 7) is 2.32. The zero-order valence-electron chi connectivity index (χ0n) is 16.3. The Balaban J connectivity index is 1.65. The van der Waals surface area contributed by atoms with Crippen LogP contribution in [-0.2, 0) is 13.0 Å². The molecule has 0 spiro atoms. The number of aromatic nitrogens is 7. The summed E-state index contributed by atoms with van der Waals surface area (Å²) in [6, 6.07) is 10.4. The van der Waals surface area contributed by atoms with E-state index >= 15 is 0 Å². The maximum absolute atomic E-state index is 14.2. The number of aryl methyl sites for hydroxylation is 1. The summed E-state index contributed by atoms with van der Waals surface area (Å²) >= 11 is 0. The fraction of sp³-hybridized carbons (Fsp3) is 0.136. The first kappa shape index (κ1) is 18.1. The van der Waals surface area contributed by atoms with Gasteiger partial charge in [-0.25, -0.2) is 29.0 Å². The number of hydrogen-bond acceptors (Lipinski definition) is 5. The number of imidazole rings is 1. The van der Waals surface area contributed by atoms with Crippen molar-refractivity contribution < 1.29 is 4.39 Å². The van der Waals surface area contributed by atoms with Crippen molar-refractivity contribution >= 4 is 11.0 Å². The van der Waals surface area contributed by atoms with E-state index in [-0.39, 0.29) is 12.4 Å². The number of nitrogens with zero attached hydrogens (tertiary/aromatic N) is 7. The lowest BCUT2D eigenvalue weighted by atomic mass is 10.2. The molecule has 0 saturated carbocycles. The van der Waals surface area contributed by atoms with Gasteiger partial charge < -0.3 is 0 Å². The third kappa shape index (κ3) is 3.12. The van der Waals surface area contributed by atoms with Crippen LogP contribution in [-0.4, -0.2) is 34.3 Å². The van der Waals surface area contributed by atoms with Crippen LogP contribution in [0.5, 0.6) is 0 Å². The van der Waals surface area contributed by atoms with Gasteiger partial charge in [-0.3, -0.25) is 4.57 Å². The third-order valence-corrected chi connectivity index (χ3v) is 4.97. The molecule has 30 heavy (non-hydrogen) atoms. The molecule has 0 N–H and O–H groups in total. The second-order valence-corrected chi connectivity index (χ2v) is 6.84. The van der Waals surface area contributed by atoms with Crippen LogP contribution in [0.3, 0.4) is 0 Å². The predicted octanol–water partition coefficient (Wildman–Crippen LogP) is 3.82. The molecule has 0 fully saturated rings. The summed E-state index contributed by atoms with van der Waals surface area (Å²) in [5.74, 6) is 0.978. The summed E-state index contributed by atoms with van der Waals surface area (Å²) in [4.78, 5) is 17.9. The van der Waals surface area contributed by atoms with Gasteiger partial charge in [0.05, 0.1) is 11.9 Å². The Morgan fingerprint density at radius 3 is 2.70 bits per heavy atom. The van der Waals surface area contributed by atoms with E-state index < -0.39 is 0 Å². The molecule has 0 aliphatic heterocycles. The van der Waals surface area contributed by atoms with E-state index in [4.69, 9.17) is 10.1 Å². The van der Waals surface area contributed by atoms with Crippen LogP contribution in [0.4, 0.5) is 4.39 Å². The van der Waals surface area contributed by atoms with E-state index in [0.717, 1.165) is 23.2 Å². The predicted molar refractivity (Wildman–Crippen MR) is 111 cm³/mol. The number of hydrogen-bond donors (Lipinski definition) is 0. The molecule has 5 rings (SSSR count). The average Bonchev–Trinajstić information content (AvgIpc) is 3.44. The van der Waals surface area contributed by atoms with Crippen LogP contribution in [0, 0.1) is 5.82 Å². The first-order chi connectivity index (χ1) is 14.7. The van der Waals surface area contributed by atoms with Crippen molar-refractivity contribution in [3.05, 3.63) is 84.5 Å². The molecule has 4 heterocycles. The Labute approximate surface area is 171 Å². The Morgan fingerprint density at radius 2 is 1.90 bits per heavy atom. The number of fused-ring (bicyclic) bond motifs is 1. The highest BCUT2D eigenvalue weighted by Gasteiger charge is 2.18. The molecule has 1 aromatic carbocycles. The Kier molecular flexibility index (Phi) is 4.51. The first-order valence-electron chi connectivity index (χ1n) is 9.64. The molecule has 7 nitrogen and oxygen atoms in total. The van der Waals surface area contributed by atoms with E-state index in [2.05, 4.69) is 21.9 Å². The highest BCUT2D eigenvalue weighted by molar-refractivity contribution is 5.89. The van der Waals surface area contributed by atoms with Crippen LogP contribution < -0.4 is 0 Å². The molecule has 0 amide bonds. The molecular weight excluding hydrogens is 381 g/mol. The van der Waals surface area contributed by atoms with Gasteiger partial charge in [0.2, 0.25) is 0 Å². The zero-order chi connectivity index (χ0) is 20.5. The molecule has 0 aliphatic carbocycles. The number of benzene rings is 1. The molecular formula is C22H18FN7. The summed E-state index contributed by atoms with van der Waals surface area (Å²) in [5, 5.41) is 5.53. The van der Waals surface area contributed by atoms with Crippen LogP contribution >= 0.6 is 0 Å². The minimum Gasteiger partial charge on any atom is -0.290 e. The van der Waals surface area contributed by atoms with Crippen molar-refractivity contribution in [2.75, 3.05) is 0 Å². The van der Waals surface area contributed by atoms with Gasteiger partial charge in [0.15, 0.2) is 11.5 Å². The van der Waals surface area contributed by atoms with Gasteiger partial charge >= 0.3 is 0 Å². The van der Waals surface area contributed by atoms with Crippen LogP contribution in [0.2, 0.25) is 0 Å². The molecule has 0 unspecified atom stereocenters. The van der Waals surface area contributed by atoms with Gasteiger partial charge in [-0.15, -0.1) is 0 Å². The smallest absolute Gasteiger partial charge is 0.182 e. The second kappa shape index (κ2) is 7.47. The Bertz CT molecular complexity index is 1320. The minimum absolute atomic E-state index is 0.265. The van der Waals surface area contributed by atoms with Crippen molar-refractivity contribution in [2.45, 2.75) is 19.9 Å². The third-order valence-electron chi connectivity index (χ3n) is 4.97. The molecule has 4 aromatic heterocycles. The van der Waals surface area contributed by atoms with Gasteiger partial charge in [-0.2, -0.15) is 5.10 Å². The lowest BCUT2D eigenvalue weighted by Crippen LogP contribution is -2.06. The van der Waals surface area contributed by atoms with Crippen molar-refractivity contribution in [1.82, 2.24) is 34.3 Å². The maximum Gasteiger partial charge on any atom is 0.182 e. The molecule has 0 aliphatic rings. The standard InChI is InChI=1S/C22H18FN7/c1-2-15-12-26-20(27-21(15)29-11-10-24-14-29)19-17-7-5-9-25-22(17)30(28-19)13-16-6-3-4-8-18(16)23/h3-12,14H,2,13H2,1H3. The lowest BCUT2D eigenvalue weighted by molar-refractivity contribution is 0.589. The highest BCUT2D eigenvalue weighted by atomic mass is 19.1. The second-order valence-electron chi connectivity index (χ2n) is 6.84. The SMILES string of the molecule is CCc1cnc(-c2nn(Cc3ccccc3F)c3ncccc23)nc1-n1ccnc1. The van der Waals surface area contributed by atoms with E-state index in [1.54, 1.807) is 35.5 Å². The molecule has 8 heteroatoms. The number of rotatable bonds is 5. The molecule has 0 bridgehead atoms. The average molecular weight is 399 g/mol. The molecule has 0 radical (unpaired) electrons. The van der Waals surface area contributed by atoms with Crippen molar-refractivity contribution in [2.24, 2.45) is 0 Å². The van der Waals surface area contributed by atoms with Crippen molar-refractivity contribution in [1.29, 1.82) is 0 Å². The van der Waals surface area contributed by atoms with E-state index in [1.165, 1.54) is 6.07 Å². The topological polar surface area (TPSA) is 74.3 Å². The highest BCUT2D eigenvalue weighted by Crippen LogP contribution is 2.26. The van der Waals surface area contributed by atoms with Gasteiger partial charge in [0.1, 0.15) is 23.7 Å². The molecule has 5 aromatic rings. The normalized spacial score (nSPS) is 11.3. The molecule has 148 valence electrons. The van der Waals surface area contributed by atoms with E-state index in [1.807, 2.05) is 35.2 Å². The number of halogens is 1. The maximum atomic E-state index is 14.2. The van der Waals surface area contributed by atoms with Gasteiger partial charge in [-0.05, 0) is 24.6 Å². The fourth-order valence-electron chi connectivity index (χ4n) is 3.44. The van der Waals surface area contributed by atoms with Gasteiger partial charge in [0, 0.05) is 35.9 Å². The fourth-order valence-corrected chi connectivity index (χ4v) is 3.44. The van der Waals surface area contributed by atoms with Crippen molar-refractivity contribution in [3.8, 4) is 17.3 Å². The Hall–Kier alpha value is -3.94. The minimum atomic E-state index is -0.274.